The Hall–Kier alpha value is -4.33. The normalized spacial score (nSPS) is 13.8. The molecule has 0 unspecified atom stereocenters. The molecule has 1 saturated heterocycles. The standard InChI is InChI=1S/C29H31N3O5/c1-35-26-12-11-24(18-27(26)36-2)29(34)32-15-13-23(14-16-32)28(33)31-30-19-22-9-6-10-25(17-22)37-20-21-7-4-3-5-8-21/h3-12,17-19,23H,13-16,20H2,1-2H3,(H,31,33)/b30-19-. The Morgan fingerprint density at radius 3 is 2.43 bits per heavy atom. The smallest absolute Gasteiger partial charge is 0.253 e. The Bertz CT molecular complexity index is 1240. The van der Waals surface area contributed by atoms with E-state index in [1.807, 2.05) is 54.6 Å². The lowest BCUT2D eigenvalue weighted by atomic mass is 9.95. The molecule has 1 N–H and O–H groups in total. The number of likely N-dealkylation sites (tertiary alicyclic amines) is 1. The molecule has 1 aliphatic heterocycles. The molecule has 0 aromatic heterocycles. The van der Waals surface area contributed by atoms with Crippen molar-refractivity contribution in [2.24, 2.45) is 11.0 Å². The maximum absolute atomic E-state index is 12.9. The van der Waals surface area contributed by atoms with Crippen LogP contribution in [0.3, 0.4) is 0 Å². The first kappa shape index (κ1) is 25.8. The Labute approximate surface area is 216 Å². The number of hydrogen-bond donors (Lipinski definition) is 1. The molecule has 8 heteroatoms. The van der Waals surface area contributed by atoms with Crippen molar-refractivity contribution in [3.8, 4) is 17.2 Å². The number of piperidine rings is 1. The van der Waals surface area contributed by atoms with Crippen LogP contribution in [0.5, 0.6) is 17.2 Å². The SMILES string of the molecule is COc1ccc(C(=O)N2CCC(C(=O)N/N=C\c3cccc(OCc4ccccc4)c3)CC2)cc1OC. The molecule has 3 aromatic rings. The molecule has 0 atom stereocenters. The number of carbonyl (C=O) groups is 2. The van der Waals surface area contributed by atoms with Crippen LogP contribution in [0.2, 0.25) is 0 Å². The zero-order chi connectivity index (χ0) is 26.0. The number of amides is 2. The van der Waals surface area contributed by atoms with E-state index >= 15 is 0 Å². The van der Waals surface area contributed by atoms with Gasteiger partial charge in [0.1, 0.15) is 12.4 Å². The minimum Gasteiger partial charge on any atom is -0.493 e. The fourth-order valence-electron chi connectivity index (χ4n) is 4.18. The molecule has 1 aliphatic rings. The Balaban J connectivity index is 1.25. The largest absolute Gasteiger partial charge is 0.493 e. The minimum atomic E-state index is -0.202. The van der Waals surface area contributed by atoms with E-state index in [-0.39, 0.29) is 17.7 Å². The summed E-state index contributed by atoms with van der Waals surface area (Å²) in [6.45, 7) is 1.47. The molecule has 4 rings (SSSR count). The van der Waals surface area contributed by atoms with Crippen LogP contribution in [0.15, 0.2) is 77.9 Å². The van der Waals surface area contributed by atoms with Crippen LogP contribution in [0.1, 0.15) is 34.3 Å². The van der Waals surface area contributed by atoms with Crippen molar-refractivity contribution in [1.29, 1.82) is 0 Å². The predicted octanol–water partition coefficient (Wildman–Crippen LogP) is 4.29. The van der Waals surface area contributed by atoms with E-state index in [1.165, 1.54) is 7.11 Å². The van der Waals surface area contributed by atoms with Crippen molar-refractivity contribution >= 4 is 18.0 Å². The molecule has 37 heavy (non-hydrogen) atoms. The van der Waals surface area contributed by atoms with Gasteiger partial charge in [-0.05, 0) is 54.3 Å². The lowest BCUT2D eigenvalue weighted by molar-refractivity contribution is -0.126. The summed E-state index contributed by atoms with van der Waals surface area (Å²) in [6.07, 6.45) is 2.75. The van der Waals surface area contributed by atoms with Crippen LogP contribution >= 0.6 is 0 Å². The van der Waals surface area contributed by atoms with Gasteiger partial charge in [0.15, 0.2) is 11.5 Å². The van der Waals surface area contributed by atoms with E-state index in [9.17, 15) is 9.59 Å². The first-order chi connectivity index (χ1) is 18.1. The second kappa shape index (κ2) is 12.6. The van der Waals surface area contributed by atoms with Gasteiger partial charge < -0.3 is 19.1 Å². The van der Waals surface area contributed by atoms with Crippen molar-refractivity contribution in [2.45, 2.75) is 19.4 Å². The Morgan fingerprint density at radius 1 is 0.946 bits per heavy atom. The number of nitrogens with one attached hydrogen (secondary N) is 1. The Morgan fingerprint density at radius 2 is 1.70 bits per heavy atom. The highest BCUT2D eigenvalue weighted by Crippen LogP contribution is 2.29. The van der Waals surface area contributed by atoms with Crippen LogP contribution in [0, 0.1) is 5.92 Å². The fourth-order valence-corrected chi connectivity index (χ4v) is 4.18. The second-order valence-electron chi connectivity index (χ2n) is 8.72. The molecule has 2 amide bonds. The summed E-state index contributed by atoms with van der Waals surface area (Å²) in [4.78, 5) is 27.3. The van der Waals surface area contributed by atoms with Gasteiger partial charge in [0, 0.05) is 24.6 Å². The quantitative estimate of drug-likeness (QED) is 0.349. The first-order valence-corrected chi connectivity index (χ1v) is 12.2. The lowest BCUT2D eigenvalue weighted by Gasteiger charge is -2.31. The molecule has 1 heterocycles. The van der Waals surface area contributed by atoms with Gasteiger partial charge in [-0.15, -0.1) is 0 Å². The third-order valence-electron chi connectivity index (χ3n) is 6.28. The van der Waals surface area contributed by atoms with Crippen LogP contribution in [0.4, 0.5) is 0 Å². The monoisotopic (exact) mass is 501 g/mol. The van der Waals surface area contributed by atoms with Crippen molar-refractivity contribution < 1.29 is 23.8 Å². The van der Waals surface area contributed by atoms with E-state index in [0.717, 1.165) is 16.9 Å². The van der Waals surface area contributed by atoms with Gasteiger partial charge in [0.05, 0.1) is 20.4 Å². The number of carbonyl (C=O) groups excluding carboxylic acids is 2. The summed E-state index contributed by atoms with van der Waals surface area (Å²) in [5.41, 5.74) is 5.07. The zero-order valence-electron chi connectivity index (χ0n) is 21.1. The van der Waals surface area contributed by atoms with Crippen molar-refractivity contribution in [2.75, 3.05) is 27.3 Å². The van der Waals surface area contributed by atoms with E-state index < -0.39 is 0 Å². The molecule has 192 valence electrons. The number of benzene rings is 3. The average Bonchev–Trinajstić information content (AvgIpc) is 2.96. The van der Waals surface area contributed by atoms with E-state index in [0.29, 0.717) is 49.6 Å². The molecule has 1 fully saturated rings. The number of nitrogens with zero attached hydrogens (tertiary/aromatic N) is 2. The second-order valence-corrected chi connectivity index (χ2v) is 8.72. The van der Waals surface area contributed by atoms with E-state index in [2.05, 4.69) is 10.5 Å². The summed E-state index contributed by atoms with van der Waals surface area (Å²) >= 11 is 0. The third-order valence-corrected chi connectivity index (χ3v) is 6.28. The van der Waals surface area contributed by atoms with Crippen molar-refractivity contribution in [3.05, 3.63) is 89.5 Å². The average molecular weight is 502 g/mol. The van der Waals surface area contributed by atoms with Crippen LogP contribution in [0.25, 0.3) is 0 Å². The first-order valence-electron chi connectivity index (χ1n) is 12.2. The highest BCUT2D eigenvalue weighted by molar-refractivity contribution is 5.95. The van der Waals surface area contributed by atoms with Gasteiger partial charge in [-0.3, -0.25) is 9.59 Å². The highest BCUT2D eigenvalue weighted by Gasteiger charge is 2.28. The maximum Gasteiger partial charge on any atom is 0.253 e. The summed E-state index contributed by atoms with van der Waals surface area (Å²) < 4.78 is 16.4. The van der Waals surface area contributed by atoms with Gasteiger partial charge in [0.25, 0.3) is 5.91 Å². The summed E-state index contributed by atoms with van der Waals surface area (Å²) in [5, 5.41) is 4.13. The summed E-state index contributed by atoms with van der Waals surface area (Å²) in [5.74, 6) is 1.37. The molecule has 0 bridgehead atoms. The van der Waals surface area contributed by atoms with Gasteiger partial charge in [-0.1, -0.05) is 42.5 Å². The molecule has 3 aromatic carbocycles. The highest BCUT2D eigenvalue weighted by atomic mass is 16.5. The lowest BCUT2D eigenvalue weighted by Crippen LogP contribution is -2.42. The summed E-state index contributed by atoms with van der Waals surface area (Å²) in [7, 11) is 3.09. The molecule has 0 saturated carbocycles. The van der Waals surface area contributed by atoms with E-state index in [1.54, 1.807) is 36.4 Å². The predicted molar refractivity (Wildman–Crippen MR) is 141 cm³/mol. The van der Waals surface area contributed by atoms with Crippen LogP contribution in [-0.4, -0.2) is 50.2 Å². The van der Waals surface area contributed by atoms with Crippen molar-refractivity contribution in [3.63, 3.8) is 0 Å². The van der Waals surface area contributed by atoms with Gasteiger partial charge in [0.2, 0.25) is 5.91 Å². The number of ether oxygens (including phenoxy) is 3. The maximum atomic E-state index is 12.9. The third kappa shape index (κ3) is 6.88. The number of rotatable bonds is 9. The number of hydrogen-bond acceptors (Lipinski definition) is 6. The van der Waals surface area contributed by atoms with E-state index in [4.69, 9.17) is 14.2 Å². The fraction of sp³-hybridized carbons (Fsp3) is 0.276. The molecule has 0 aliphatic carbocycles. The Kier molecular flexibility index (Phi) is 8.75. The van der Waals surface area contributed by atoms with Crippen LogP contribution in [-0.2, 0) is 11.4 Å². The zero-order valence-corrected chi connectivity index (χ0v) is 21.1. The molecule has 0 spiro atoms. The molecule has 8 nitrogen and oxygen atoms in total. The summed E-state index contributed by atoms with van der Waals surface area (Å²) in [6, 6.07) is 22.6. The van der Waals surface area contributed by atoms with Crippen LogP contribution < -0.4 is 19.6 Å². The number of hydrazone groups is 1. The number of methoxy groups -OCH3 is 2. The van der Waals surface area contributed by atoms with Crippen molar-refractivity contribution in [1.82, 2.24) is 10.3 Å². The topological polar surface area (TPSA) is 89.5 Å². The molecular weight excluding hydrogens is 470 g/mol. The molecule has 0 radical (unpaired) electrons. The van der Waals surface area contributed by atoms with Gasteiger partial charge in [-0.2, -0.15) is 5.10 Å². The minimum absolute atomic E-state index is 0.0906. The van der Waals surface area contributed by atoms with Gasteiger partial charge >= 0.3 is 0 Å². The van der Waals surface area contributed by atoms with Gasteiger partial charge in [-0.25, -0.2) is 5.43 Å². The molecular formula is C29H31N3O5.